The van der Waals surface area contributed by atoms with Gasteiger partial charge in [0.25, 0.3) is 0 Å². The summed E-state index contributed by atoms with van der Waals surface area (Å²) in [5.41, 5.74) is 2.14. The van der Waals surface area contributed by atoms with Crippen molar-refractivity contribution in [2.45, 2.75) is 31.8 Å². The molecule has 5 nitrogen and oxygen atoms in total. The average Bonchev–Trinajstić information content (AvgIpc) is 2.69. The lowest BCUT2D eigenvalue weighted by molar-refractivity contribution is -0.122. The summed E-state index contributed by atoms with van der Waals surface area (Å²) in [7, 11) is 2.02. The van der Waals surface area contributed by atoms with Crippen LogP contribution in [-0.2, 0) is 9.53 Å². The summed E-state index contributed by atoms with van der Waals surface area (Å²) in [6.45, 7) is 3.61. The number of hydrogen-bond acceptors (Lipinski definition) is 4. The van der Waals surface area contributed by atoms with Gasteiger partial charge in [0.15, 0.2) is 0 Å². The summed E-state index contributed by atoms with van der Waals surface area (Å²) in [5, 5.41) is 0. The van der Waals surface area contributed by atoms with E-state index < -0.39 is 0 Å². The number of carbonyl (C=O) groups excluding carboxylic acids is 1. The third-order valence-electron chi connectivity index (χ3n) is 2.82. The highest BCUT2D eigenvalue weighted by Gasteiger charge is 2.24. The van der Waals surface area contributed by atoms with E-state index in [1.165, 1.54) is 0 Å². The number of amides is 1. The molecule has 0 aromatic carbocycles. The van der Waals surface area contributed by atoms with Crippen LogP contribution in [0.4, 0.5) is 0 Å². The van der Waals surface area contributed by atoms with Gasteiger partial charge in [0.1, 0.15) is 0 Å². The van der Waals surface area contributed by atoms with Gasteiger partial charge in [-0.1, -0.05) is 0 Å². The van der Waals surface area contributed by atoms with E-state index in [0.717, 1.165) is 19.6 Å². The molecule has 14 heavy (non-hydrogen) atoms. The zero-order valence-electron chi connectivity index (χ0n) is 8.82. The summed E-state index contributed by atoms with van der Waals surface area (Å²) in [6, 6.07) is 0.640. The fraction of sp³-hybridized carbons (Fsp3) is 0.889. The molecule has 1 aliphatic heterocycles. The summed E-state index contributed by atoms with van der Waals surface area (Å²) < 4.78 is 5.29. The lowest BCUT2D eigenvalue weighted by atomic mass is 10.1. The lowest BCUT2D eigenvalue weighted by Crippen LogP contribution is -2.42. The first-order chi connectivity index (χ1) is 6.65. The number of nitrogens with zero attached hydrogens (tertiary/aromatic N) is 1. The number of likely N-dealkylation sites (N-methyl/N-ethyl adjacent to an activating group) is 1. The maximum Gasteiger partial charge on any atom is 0.235 e. The molecule has 2 atom stereocenters. The normalized spacial score (nSPS) is 23.9. The molecule has 2 unspecified atom stereocenters. The van der Waals surface area contributed by atoms with Crippen LogP contribution in [0, 0.1) is 0 Å². The van der Waals surface area contributed by atoms with E-state index in [-0.39, 0.29) is 11.9 Å². The van der Waals surface area contributed by atoms with Crippen LogP contribution in [0.5, 0.6) is 0 Å². The Morgan fingerprint density at radius 1 is 1.79 bits per heavy atom. The molecule has 1 aliphatic rings. The molecule has 5 heteroatoms. The number of nitrogens with one attached hydrogen (secondary N) is 1. The molecule has 1 rings (SSSR count). The van der Waals surface area contributed by atoms with E-state index in [0.29, 0.717) is 12.5 Å². The SMILES string of the molecule is CC(CC(=O)NN)N(C)C1CCOC1. The van der Waals surface area contributed by atoms with Crippen LogP contribution in [0.3, 0.4) is 0 Å². The second kappa shape index (κ2) is 5.29. The zero-order chi connectivity index (χ0) is 10.6. The highest BCUT2D eigenvalue weighted by Crippen LogP contribution is 2.14. The molecule has 1 amide bonds. The second-order valence-corrected chi connectivity index (χ2v) is 3.80. The van der Waals surface area contributed by atoms with E-state index in [2.05, 4.69) is 10.3 Å². The van der Waals surface area contributed by atoms with Crippen LogP contribution in [0.15, 0.2) is 0 Å². The van der Waals surface area contributed by atoms with E-state index in [4.69, 9.17) is 10.6 Å². The summed E-state index contributed by atoms with van der Waals surface area (Å²) >= 11 is 0. The molecule has 0 aromatic heterocycles. The maximum atomic E-state index is 11.0. The van der Waals surface area contributed by atoms with Crippen molar-refractivity contribution in [3.63, 3.8) is 0 Å². The van der Waals surface area contributed by atoms with Gasteiger partial charge in [0.05, 0.1) is 6.61 Å². The Kier molecular flexibility index (Phi) is 4.31. The second-order valence-electron chi connectivity index (χ2n) is 3.80. The van der Waals surface area contributed by atoms with Gasteiger partial charge < -0.3 is 4.74 Å². The smallest absolute Gasteiger partial charge is 0.235 e. The molecule has 0 aliphatic carbocycles. The minimum atomic E-state index is -0.122. The van der Waals surface area contributed by atoms with Gasteiger partial charge in [0, 0.05) is 25.1 Å². The van der Waals surface area contributed by atoms with Gasteiger partial charge in [0.2, 0.25) is 5.91 Å². The van der Waals surface area contributed by atoms with Gasteiger partial charge in [-0.15, -0.1) is 0 Å². The van der Waals surface area contributed by atoms with Gasteiger partial charge in [-0.05, 0) is 20.4 Å². The maximum absolute atomic E-state index is 11.0. The predicted molar refractivity (Wildman–Crippen MR) is 53.4 cm³/mol. The third kappa shape index (κ3) is 2.94. The van der Waals surface area contributed by atoms with Crippen LogP contribution < -0.4 is 11.3 Å². The predicted octanol–water partition coefficient (Wildman–Crippen LogP) is -0.524. The van der Waals surface area contributed by atoms with E-state index in [9.17, 15) is 4.79 Å². The fourth-order valence-corrected chi connectivity index (χ4v) is 1.67. The minimum absolute atomic E-state index is 0.122. The first-order valence-corrected chi connectivity index (χ1v) is 4.94. The van der Waals surface area contributed by atoms with E-state index in [1.54, 1.807) is 0 Å². The molecule has 1 heterocycles. The number of rotatable bonds is 4. The quantitative estimate of drug-likeness (QED) is 0.365. The van der Waals surface area contributed by atoms with E-state index >= 15 is 0 Å². The summed E-state index contributed by atoms with van der Waals surface area (Å²) in [6.07, 6.45) is 1.48. The number of hydrazine groups is 1. The number of hydrogen-bond donors (Lipinski definition) is 2. The van der Waals surface area contributed by atoms with Crippen molar-refractivity contribution in [3.8, 4) is 0 Å². The Bertz CT molecular complexity index is 192. The van der Waals surface area contributed by atoms with Crippen molar-refractivity contribution < 1.29 is 9.53 Å². The highest BCUT2D eigenvalue weighted by molar-refractivity contribution is 5.75. The van der Waals surface area contributed by atoms with Crippen LogP contribution >= 0.6 is 0 Å². The molecular formula is C9H19N3O2. The van der Waals surface area contributed by atoms with Gasteiger partial charge in [-0.25, -0.2) is 5.84 Å². The van der Waals surface area contributed by atoms with Crippen molar-refractivity contribution in [2.24, 2.45) is 5.84 Å². The average molecular weight is 201 g/mol. The summed E-state index contributed by atoms with van der Waals surface area (Å²) in [4.78, 5) is 13.2. The Balaban J connectivity index is 2.34. The molecule has 0 saturated carbocycles. The van der Waals surface area contributed by atoms with Gasteiger partial charge in [-0.3, -0.25) is 15.1 Å². The van der Waals surface area contributed by atoms with Crippen molar-refractivity contribution >= 4 is 5.91 Å². The molecule has 1 fully saturated rings. The van der Waals surface area contributed by atoms with Crippen LogP contribution in [-0.4, -0.2) is 43.2 Å². The molecule has 1 saturated heterocycles. The molecule has 0 spiro atoms. The zero-order valence-corrected chi connectivity index (χ0v) is 8.82. The molecule has 0 radical (unpaired) electrons. The molecule has 0 aromatic rings. The molecule has 3 N–H and O–H groups in total. The van der Waals surface area contributed by atoms with Gasteiger partial charge >= 0.3 is 0 Å². The monoisotopic (exact) mass is 201 g/mol. The van der Waals surface area contributed by atoms with E-state index in [1.807, 2.05) is 14.0 Å². The van der Waals surface area contributed by atoms with Crippen molar-refractivity contribution in [1.82, 2.24) is 10.3 Å². The van der Waals surface area contributed by atoms with Gasteiger partial charge in [-0.2, -0.15) is 0 Å². The standard InChI is InChI=1S/C9H19N3O2/c1-7(5-9(13)11-10)12(2)8-3-4-14-6-8/h7-8H,3-6,10H2,1-2H3,(H,11,13). The first-order valence-electron chi connectivity index (χ1n) is 4.94. The fourth-order valence-electron chi connectivity index (χ4n) is 1.67. The number of carbonyl (C=O) groups is 1. The molecule has 0 bridgehead atoms. The highest BCUT2D eigenvalue weighted by atomic mass is 16.5. The molecular weight excluding hydrogens is 182 g/mol. The van der Waals surface area contributed by atoms with Crippen molar-refractivity contribution in [1.29, 1.82) is 0 Å². The Hall–Kier alpha value is -0.650. The largest absolute Gasteiger partial charge is 0.380 e. The minimum Gasteiger partial charge on any atom is -0.380 e. The summed E-state index contributed by atoms with van der Waals surface area (Å²) in [5.74, 6) is 4.91. The third-order valence-corrected chi connectivity index (χ3v) is 2.82. The van der Waals surface area contributed by atoms with Crippen molar-refractivity contribution in [3.05, 3.63) is 0 Å². The van der Waals surface area contributed by atoms with Crippen molar-refractivity contribution in [2.75, 3.05) is 20.3 Å². The Morgan fingerprint density at radius 3 is 3.00 bits per heavy atom. The van der Waals surface area contributed by atoms with Crippen LogP contribution in [0.1, 0.15) is 19.8 Å². The molecule has 82 valence electrons. The van der Waals surface area contributed by atoms with Crippen LogP contribution in [0.2, 0.25) is 0 Å². The lowest BCUT2D eigenvalue weighted by Gasteiger charge is -2.29. The first kappa shape index (κ1) is 11.4. The topological polar surface area (TPSA) is 67.6 Å². The number of nitrogens with two attached hydrogens (primary N) is 1. The van der Waals surface area contributed by atoms with Crippen LogP contribution in [0.25, 0.3) is 0 Å². The Morgan fingerprint density at radius 2 is 2.50 bits per heavy atom. The Labute approximate surface area is 84.5 Å². The number of ether oxygens (including phenoxy) is 1.